The van der Waals surface area contributed by atoms with Gasteiger partial charge < -0.3 is 9.64 Å². The molecule has 0 atom stereocenters. The minimum atomic E-state index is 0.0753. The topological polar surface area (TPSA) is 12.5 Å². The van der Waals surface area contributed by atoms with Gasteiger partial charge in [-0.1, -0.05) is 20.8 Å². The lowest BCUT2D eigenvalue weighted by molar-refractivity contribution is -0.126. The summed E-state index contributed by atoms with van der Waals surface area (Å²) in [6.45, 7) is 12.7. The van der Waals surface area contributed by atoms with Crippen LogP contribution in [0.25, 0.3) is 0 Å². The molecule has 0 N–H and O–H groups in total. The number of nitrogens with zero attached hydrogens (tertiary/aromatic N) is 1. The summed E-state index contributed by atoms with van der Waals surface area (Å²) in [6.07, 6.45) is 1.57. The minimum Gasteiger partial charge on any atom is -0.370 e. The summed E-state index contributed by atoms with van der Waals surface area (Å²) in [6, 6.07) is 0. The van der Waals surface area contributed by atoms with Gasteiger partial charge in [0.15, 0.2) is 0 Å². The maximum Gasteiger partial charge on any atom is 0.0835 e. The van der Waals surface area contributed by atoms with Crippen molar-refractivity contribution < 1.29 is 4.74 Å². The van der Waals surface area contributed by atoms with Gasteiger partial charge in [-0.05, 0) is 27.3 Å². The Kier molecular flexibility index (Phi) is 5.57. The smallest absolute Gasteiger partial charge is 0.0835 e. The second kappa shape index (κ2) is 5.61. The molecule has 1 aliphatic rings. The molecule has 0 saturated carbocycles. The van der Waals surface area contributed by atoms with Crippen LogP contribution in [-0.4, -0.2) is 36.7 Å². The highest BCUT2D eigenvalue weighted by molar-refractivity contribution is 4.81. The van der Waals surface area contributed by atoms with Gasteiger partial charge in [0.1, 0.15) is 0 Å². The van der Waals surface area contributed by atoms with Crippen molar-refractivity contribution in [1.82, 2.24) is 4.90 Å². The van der Waals surface area contributed by atoms with Crippen molar-refractivity contribution in [2.45, 2.75) is 52.7 Å². The largest absolute Gasteiger partial charge is 0.370 e. The monoisotopic (exact) mass is 187 g/mol. The third-order valence-electron chi connectivity index (χ3n) is 2.37. The third kappa shape index (κ3) is 4.63. The van der Waals surface area contributed by atoms with E-state index in [9.17, 15) is 0 Å². The Morgan fingerprint density at radius 3 is 2.08 bits per heavy atom. The average Bonchev–Trinajstić information content (AvgIpc) is 2.05. The van der Waals surface area contributed by atoms with Crippen LogP contribution < -0.4 is 0 Å². The zero-order valence-electron chi connectivity index (χ0n) is 10.1. The summed E-state index contributed by atoms with van der Waals surface area (Å²) in [7, 11) is 2.12. The van der Waals surface area contributed by atoms with E-state index in [0.29, 0.717) is 6.10 Å². The summed E-state index contributed by atoms with van der Waals surface area (Å²) >= 11 is 0. The Hall–Kier alpha value is -0.0800. The highest BCUT2D eigenvalue weighted by Crippen LogP contribution is 2.20. The van der Waals surface area contributed by atoms with Crippen LogP contribution in [0.4, 0.5) is 0 Å². The molecule has 80 valence electrons. The second-order valence-corrected chi connectivity index (χ2v) is 4.07. The average molecular weight is 187 g/mol. The van der Waals surface area contributed by atoms with Gasteiger partial charge in [0, 0.05) is 13.1 Å². The van der Waals surface area contributed by atoms with Gasteiger partial charge in [0.05, 0.1) is 11.7 Å². The van der Waals surface area contributed by atoms with Crippen molar-refractivity contribution in [2.75, 3.05) is 20.1 Å². The van der Waals surface area contributed by atoms with Gasteiger partial charge in [0.25, 0.3) is 0 Å². The molecule has 0 spiro atoms. The third-order valence-corrected chi connectivity index (χ3v) is 2.37. The first kappa shape index (κ1) is 12.9. The lowest BCUT2D eigenvalue weighted by Crippen LogP contribution is -2.52. The zero-order valence-corrected chi connectivity index (χ0v) is 10.1. The van der Waals surface area contributed by atoms with Gasteiger partial charge in [-0.15, -0.1) is 0 Å². The molecule has 0 aromatic carbocycles. The zero-order chi connectivity index (χ0) is 10.5. The van der Waals surface area contributed by atoms with Crippen LogP contribution in [0.1, 0.15) is 41.0 Å². The van der Waals surface area contributed by atoms with Gasteiger partial charge in [0.2, 0.25) is 0 Å². The van der Waals surface area contributed by atoms with Crippen LogP contribution in [0, 0.1) is 0 Å². The highest BCUT2D eigenvalue weighted by atomic mass is 16.5. The summed E-state index contributed by atoms with van der Waals surface area (Å²) in [4.78, 5) is 2.27. The number of likely N-dealkylation sites (tertiary alicyclic amines) is 1. The van der Waals surface area contributed by atoms with E-state index in [4.69, 9.17) is 4.74 Å². The van der Waals surface area contributed by atoms with Crippen LogP contribution in [0.5, 0.6) is 0 Å². The predicted octanol–water partition coefficient (Wildman–Crippen LogP) is 2.53. The van der Waals surface area contributed by atoms with E-state index >= 15 is 0 Å². The fourth-order valence-electron chi connectivity index (χ4n) is 1.25. The molecular formula is C11H25NO. The number of likely N-dealkylation sites (N-methyl/N-ethyl adjacent to an activating group) is 1. The summed E-state index contributed by atoms with van der Waals surface area (Å²) < 4.78 is 5.85. The van der Waals surface area contributed by atoms with E-state index in [0.717, 1.165) is 19.5 Å². The fraction of sp³-hybridized carbons (Fsp3) is 1.00. The molecule has 1 saturated heterocycles. The first-order valence-electron chi connectivity index (χ1n) is 5.40. The van der Waals surface area contributed by atoms with Crippen molar-refractivity contribution in [2.24, 2.45) is 0 Å². The van der Waals surface area contributed by atoms with Crippen molar-refractivity contribution >= 4 is 0 Å². The quantitative estimate of drug-likeness (QED) is 0.673. The Morgan fingerprint density at radius 2 is 1.77 bits per heavy atom. The molecule has 0 radical (unpaired) electrons. The van der Waals surface area contributed by atoms with E-state index in [1.807, 2.05) is 13.8 Å². The van der Waals surface area contributed by atoms with Gasteiger partial charge in [-0.2, -0.15) is 0 Å². The van der Waals surface area contributed by atoms with Crippen LogP contribution >= 0.6 is 0 Å². The number of ether oxygens (including phenoxy) is 1. The Bertz CT molecular complexity index is 128. The molecule has 1 aliphatic heterocycles. The van der Waals surface area contributed by atoms with Crippen LogP contribution in [0.15, 0.2) is 0 Å². The lowest BCUT2D eigenvalue weighted by Gasteiger charge is -2.40. The molecule has 2 nitrogen and oxygen atoms in total. The van der Waals surface area contributed by atoms with Crippen LogP contribution in [0.2, 0.25) is 0 Å². The van der Waals surface area contributed by atoms with Crippen molar-refractivity contribution in [3.63, 3.8) is 0 Å². The molecule has 1 rings (SSSR count). The van der Waals surface area contributed by atoms with E-state index < -0.39 is 0 Å². The Labute approximate surface area is 83.3 Å². The van der Waals surface area contributed by atoms with E-state index in [1.54, 1.807) is 0 Å². The van der Waals surface area contributed by atoms with Crippen LogP contribution in [0.3, 0.4) is 0 Å². The molecule has 1 heterocycles. The standard InChI is InChI=1S/C9H19NO.C2H6/c1-5-9(2,3)11-8-6-10(4)7-8;1-2/h8H,5-7H2,1-4H3;1-2H3. The van der Waals surface area contributed by atoms with Crippen molar-refractivity contribution in [3.05, 3.63) is 0 Å². The molecule has 1 fully saturated rings. The van der Waals surface area contributed by atoms with Gasteiger partial charge in [-0.25, -0.2) is 0 Å². The number of hydrogen-bond donors (Lipinski definition) is 0. The lowest BCUT2D eigenvalue weighted by atomic mass is 10.1. The molecule has 0 unspecified atom stereocenters. The normalized spacial score (nSPS) is 18.9. The Balaban J connectivity index is 0.000000671. The first-order valence-corrected chi connectivity index (χ1v) is 5.40. The fourth-order valence-corrected chi connectivity index (χ4v) is 1.25. The minimum absolute atomic E-state index is 0.0753. The van der Waals surface area contributed by atoms with E-state index in [-0.39, 0.29) is 5.60 Å². The first-order chi connectivity index (χ1) is 6.03. The molecule has 0 aromatic rings. The second-order valence-electron chi connectivity index (χ2n) is 4.07. The van der Waals surface area contributed by atoms with Gasteiger partial charge >= 0.3 is 0 Å². The molecule has 2 heteroatoms. The Morgan fingerprint density at radius 1 is 1.31 bits per heavy atom. The highest BCUT2D eigenvalue weighted by Gasteiger charge is 2.29. The van der Waals surface area contributed by atoms with Gasteiger partial charge in [-0.3, -0.25) is 0 Å². The summed E-state index contributed by atoms with van der Waals surface area (Å²) in [5, 5.41) is 0. The van der Waals surface area contributed by atoms with E-state index in [1.165, 1.54) is 0 Å². The van der Waals surface area contributed by atoms with E-state index in [2.05, 4.69) is 32.7 Å². The molecule has 0 aromatic heterocycles. The predicted molar refractivity (Wildman–Crippen MR) is 58.1 cm³/mol. The van der Waals surface area contributed by atoms with Crippen LogP contribution in [-0.2, 0) is 4.74 Å². The molecule has 13 heavy (non-hydrogen) atoms. The molecular weight excluding hydrogens is 162 g/mol. The summed E-state index contributed by atoms with van der Waals surface area (Å²) in [5.74, 6) is 0. The molecule has 0 amide bonds. The maximum absolute atomic E-state index is 5.85. The van der Waals surface area contributed by atoms with Crippen molar-refractivity contribution in [1.29, 1.82) is 0 Å². The molecule has 0 aliphatic carbocycles. The SMILES string of the molecule is CC.CCC(C)(C)OC1CN(C)C1. The van der Waals surface area contributed by atoms with Crippen molar-refractivity contribution in [3.8, 4) is 0 Å². The number of rotatable bonds is 3. The maximum atomic E-state index is 5.85. The molecule has 0 bridgehead atoms. The summed E-state index contributed by atoms with van der Waals surface area (Å²) in [5.41, 5.74) is 0.0753. The number of hydrogen-bond acceptors (Lipinski definition) is 2.